The van der Waals surface area contributed by atoms with Crippen LogP contribution in [0.5, 0.6) is 0 Å². The van der Waals surface area contributed by atoms with Gasteiger partial charge in [-0.2, -0.15) is 5.26 Å². The first-order chi connectivity index (χ1) is 9.30. The van der Waals surface area contributed by atoms with Crippen LogP contribution in [0.1, 0.15) is 30.1 Å². The molecule has 0 bridgehead atoms. The molecule has 1 saturated heterocycles. The Labute approximate surface area is 115 Å². The Bertz CT molecular complexity index is 654. The first-order valence-electron chi connectivity index (χ1n) is 5.97. The van der Waals surface area contributed by atoms with E-state index in [9.17, 15) is 27.6 Å². The number of hydrogen-bond donors (Lipinski definition) is 1. The predicted molar refractivity (Wildman–Crippen MR) is 67.7 cm³/mol. The molecule has 1 aliphatic rings. The number of nitriles is 1. The molecular formula is C13H13F2NO3S. The van der Waals surface area contributed by atoms with Gasteiger partial charge in [0.05, 0.1) is 23.7 Å². The molecule has 0 saturated carbocycles. The average molecular weight is 301 g/mol. The molecular weight excluding hydrogens is 288 g/mol. The predicted octanol–water partition coefficient (Wildman–Crippen LogP) is 1.99. The molecule has 1 aliphatic heterocycles. The topological polar surface area (TPSA) is 78.2 Å². The molecule has 20 heavy (non-hydrogen) atoms. The second-order valence-electron chi connectivity index (χ2n) is 4.98. The normalized spacial score (nSPS) is 26.4. The van der Waals surface area contributed by atoms with Gasteiger partial charge in [-0.1, -0.05) is 18.2 Å². The van der Waals surface area contributed by atoms with Gasteiger partial charge < -0.3 is 5.11 Å². The largest absolute Gasteiger partial charge is 0.387 e. The van der Waals surface area contributed by atoms with Gasteiger partial charge in [-0.15, -0.1) is 0 Å². The van der Waals surface area contributed by atoms with Crippen molar-refractivity contribution in [3.8, 4) is 6.07 Å². The molecule has 1 aromatic carbocycles. The van der Waals surface area contributed by atoms with Gasteiger partial charge in [0.25, 0.3) is 6.43 Å². The van der Waals surface area contributed by atoms with Crippen LogP contribution < -0.4 is 0 Å². The number of nitrogens with zero attached hydrogens (tertiary/aromatic N) is 1. The Morgan fingerprint density at radius 3 is 2.50 bits per heavy atom. The van der Waals surface area contributed by atoms with Crippen molar-refractivity contribution in [3.05, 3.63) is 35.4 Å². The summed E-state index contributed by atoms with van der Waals surface area (Å²) in [6, 6.07) is 6.96. The molecule has 1 aromatic rings. The summed E-state index contributed by atoms with van der Waals surface area (Å²) in [7, 11) is -3.38. The number of aliphatic hydroxyl groups excluding tert-OH is 1. The summed E-state index contributed by atoms with van der Waals surface area (Å²) >= 11 is 0. The minimum Gasteiger partial charge on any atom is -0.387 e. The second-order valence-corrected chi connectivity index (χ2v) is 7.17. The van der Waals surface area contributed by atoms with E-state index in [1.165, 1.54) is 18.2 Å². The molecule has 1 heterocycles. The van der Waals surface area contributed by atoms with Crippen LogP contribution in [0, 0.1) is 16.7 Å². The van der Waals surface area contributed by atoms with Crippen molar-refractivity contribution >= 4 is 9.84 Å². The summed E-state index contributed by atoms with van der Waals surface area (Å²) in [6.07, 6.45) is -4.08. The molecule has 0 aliphatic carbocycles. The minimum absolute atomic E-state index is 0.00586. The van der Waals surface area contributed by atoms with Crippen molar-refractivity contribution in [2.75, 3.05) is 11.5 Å². The van der Waals surface area contributed by atoms with E-state index in [-0.39, 0.29) is 23.3 Å². The second kappa shape index (κ2) is 5.11. The van der Waals surface area contributed by atoms with Crippen LogP contribution in [0.25, 0.3) is 0 Å². The maximum Gasteiger partial charge on any atom is 0.263 e. The maximum absolute atomic E-state index is 12.6. The molecule has 0 spiro atoms. The Morgan fingerprint density at radius 1 is 1.35 bits per heavy atom. The highest BCUT2D eigenvalue weighted by atomic mass is 32.2. The lowest BCUT2D eigenvalue weighted by Gasteiger charge is -2.26. The minimum atomic E-state index is -3.38. The molecule has 2 atom stereocenters. The first kappa shape index (κ1) is 14.9. The van der Waals surface area contributed by atoms with E-state index >= 15 is 0 Å². The van der Waals surface area contributed by atoms with E-state index in [0.717, 1.165) is 6.07 Å². The Hall–Kier alpha value is -1.52. The number of halogens is 2. The highest BCUT2D eigenvalue weighted by molar-refractivity contribution is 7.91. The van der Waals surface area contributed by atoms with Gasteiger partial charge >= 0.3 is 0 Å². The Kier molecular flexibility index (Phi) is 3.80. The monoisotopic (exact) mass is 301 g/mol. The number of hydrogen-bond acceptors (Lipinski definition) is 4. The summed E-state index contributed by atoms with van der Waals surface area (Å²) in [5.41, 5.74) is -1.59. The summed E-state index contributed by atoms with van der Waals surface area (Å²) in [6.45, 7) is 0. The van der Waals surface area contributed by atoms with Crippen molar-refractivity contribution in [1.29, 1.82) is 5.26 Å². The zero-order valence-electron chi connectivity index (χ0n) is 10.5. The molecule has 2 rings (SSSR count). The number of aliphatic hydroxyl groups is 1. The van der Waals surface area contributed by atoms with Gasteiger partial charge in [0.15, 0.2) is 9.84 Å². The lowest BCUT2D eigenvalue weighted by molar-refractivity contribution is 0.0787. The van der Waals surface area contributed by atoms with Crippen molar-refractivity contribution in [3.63, 3.8) is 0 Å². The fourth-order valence-electron chi connectivity index (χ4n) is 2.42. The van der Waals surface area contributed by atoms with E-state index in [4.69, 9.17) is 0 Å². The molecule has 108 valence electrons. The number of sulfone groups is 1. The smallest absolute Gasteiger partial charge is 0.263 e. The number of rotatable bonds is 3. The summed E-state index contributed by atoms with van der Waals surface area (Å²) in [5, 5.41) is 19.5. The van der Waals surface area contributed by atoms with Crippen molar-refractivity contribution in [2.45, 2.75) is 19.0 Å². The van der Waals surface area contributed by atoms with Crippen LogP contribution >= 0.6 is 0 Å². The molecule has 4 nitrogen and oxygen atoms in total. The van der Waals surface area contributed by atoms with Gasteiger partial charge in [0.1, 0.15) is 5.41 Å². The van der Waals surface area contributed by atoms with E-state index < -0.39 is 33.5 Å². The van der Waals surface area contributed by atoms with Crippen LogP contribution in [0.15, 0.2) is 24.3 Å². The Balaban J connectivity index is 2.38. The van der Waals surface area contributed by atoms with Gasteiger partial charge in [-0.3, -0.25) is 0 Å². The van der Waals surface area contributed by atoms with Crippen LogP contribution in [0.2, 0.25) is 0 Å². The highest BCUT2D eigenvalue weighted by Crippen LogP contribution is 2.43. The van der Waals surface area contributed by atoms with Crippen LogP contribution in [-0.4, -0.2) is 25.0 Å². The lowest BCUT2D eigenvalue weighted by Crippen LogP contribution is -2.29. The van der Waals surface area contributed by atoms with Crippen LogP contribution in [0.4, 0.5) is 8.78 Å². The number of alkyl halides is 2. The third-order valence-corrected chi connectivity index (χ3v) is 5.34. The maximum atomic E-state index is 12.6. The van der Waals surface area contributed by atoms with E-state index in [0.29, 0.717) is 0 Å². The molecule has 1 fully saturated rings. The zero-order valence-corrected chi connectivity index (χ0v) is 11.3. The standard InChI is InChI=1S/C13H13F2NO3S/c14-12(15)10-3-1-2-9(6-10)11(17)13(7-16)4-5-20(18,19)8-13/h1-3,6,11-12,17H,4-5,8H2. The fourth-order valence-corrected chi connectivity index (χ4v) is 4.39. The van der Waals surface area contributed by atoms with Gasteiger partial charge in [0, 0.05) is 5.56 Å². The lowest BCUT2D eigenvalue weighted by atomic mass is 9.79. The third kappa shape index (κ3) is 2.67. The highest BCUT2D eigenvalue weighted by Gasteiger charge is 2.48. The summed E-state index contributed by atoms with van der Waals surface area (Å²) in [5.74, 6) is -0.622. The van der Waals surface area contributed by atoms with E-state index in [2.05, 4.69) is 0 Å². The quantitative estimate of drug-likeness (QED) is 0.926. The SMILES string of the molecule is N#CC1(C(O)c2cccc(C(F)F)c2)CCS(=O)(=O)C1. The van der Waals surface area contributed by atoms with E-state index in [1.807, 2.05) is 6.07 Å². The molecule has 0 aromatic heterocycles. The molecule has 0 amide bonds. The van der Waals surface area contributed by atoms with Gasteiger partial charge in [-0.25, -0.2) is 17.2 Å². The third-order valence-electron chi connectivity index (χ3n) is 3.56. The molecule has 2 unspecified atom stereocenters. The zero-order chi connectivity index (χ0) is 15.0. The van der Waals surface area contributed by atoms with Gasteiger partial charge in [0.2, 0.25) is 0 Å². The number of benzene rings is 1. The van der Waals surface area contributed by atoms with Crippen molar-refractivity contribution in [1.82, 2.24) is 0 Å². The summed E-state index contributed by atoms with van der Waals surface area (Å²) < 4.78 is 48.4. The molecule has 0 radical (unpaired) electrons. The summed E-state index contributed by atoms with van der Waals surface area (Å²) in [4.78, 5) is 0. The van der Waals surface area contributed by atoms with Gasteiger partial charge in [-0.05, 0) is 18.1 Å². The van der Waals surface area contributed by atoms with Crippen molar-refractivity contribution in [2.24, 2.45) is 5.41 Å². The van der Waals surface area contributed by atoms with Crippen LogP contribution in [0.3, 0.4) is 0 Å². The fraction of sp³-hybridized carbons (Fsp3) is 0.462. The molecule has 7 heteroatoms. The van der Waals surface area contributed by atoms with Crippen LogP contribution in [-0.2, 0) is 9.84 Å². The average Bonchev–Trinajstić information content (AvgIpc) is 2.75. The van der Waals surface area contributed by atoms with E-state index in [1.54, 1.807) is 0 Å². The molecule has 1 N–H and O–H groups in total. The van der Waals surface area contributed by atoms with Crippen molar-refractivity contribution < 1.29 is 22.3 Å². The first-order valence-corrected chi connectivity index (χ1v) is 7.79. The Morgan fingerprint density at radius 2 is 2.00 bits per heavy atom.